The zero-order valence-electron chi connectivity index (χ0n) is 21.1. The van der Waals surface area contributed by atoms with E-state index in [9.17, 15) is 8.42 Å². The number of methoxy groups -OCH3 is 2. The highest BCUT2D eigenvalue weighted by Gasteiger charge is 2.25. The van der Waals surface area contributed by atoms with E-state index >= 15 is 0 Å². The standard InChI is InChI=1S/C29H33NO5S/c1-30(17-15-22-9-14-28(33-2)29(19-22)34-3)16-6-18-35-25-10-12-26(13-11-25)36(31,32)27-20-23-7-4-5-8-24(23)21-27/h4-5,7-14,19-20H,6,15-18,21H2,1-3H3. The largest absolute Gasteiger partial charge is 0.494 e. The van der Waals surface area contributed by atoms with Gasteiger partial charge in [-0.25, -0.2) is 8.42 Å². The van der Waals surface area contributed by atoms with Crippen LogP contribution in [0.4, 0.5) is 0 Å². The fourth-order valence-electron chi connectivity index (χ4n) is 4.28. The maximum atomic E-state index is 13.1. The number of ether oxygens (including phenoxy) is 3. The molecule has 0 amide bonds. The van der Waals surface area contributed by atoms with E-state index < -0.39 is 9.84 Å². The number of likely N-dealkylation sites (N-methyl/N-ethyl adjacent to an activating group) is 1. The molecule has 7 heteroatoms. The molecule has 0 radical (unpaired) electrons. The summed E-state index contributed by atoms with van der Waals surface area (Å²) in [5.41, 5.74) is 3.22. The molecule has 3 aromatic carbocycles. The van der Waals surface area contributed by atoms with Crippen LogP contribution in [0.2, 0.25) is 0 Å². The molecule has 0 saturated heterocycles. The van der Waals surface area contributed by atoms with Gasteiger partial charge in [0.2, 0.25) is 9.84 Å². The van der Waals surface area contributed by atoms with Gasteiger partial charge in [0.05, 0.1) is 30.6 Å². The zero-order chi connectivity index (χ0) is 25.5. The van der Waals surface area contributed by atoms with Gasteiger partial charge in [0, 0.05) is 19.5 Å². The molecule has 3 aromatic rings. The van der Waals surface area contributed by atoms with E-state index in [0.29, 0.717) is 28.6 Å². The monoisotopic (exact) mass is 507 g/mol. The molecule has 0 bridgehead atoms. The molecule has 0 saturated carbocycles. The zero-order valence-corrected chi connectivity index (χ0v) is 21.9. The molecule has 0 aromatic heterocycles. The molecule has 0 N–H and O–H groups in total. The minimum atomic E-state index is -3.51. The van der Waals surface area contributed by atoms with Crippen LogP contribution in [0.15, 0.2) is 76.5 Å². The summed E-state index contributed by atoms with van der Waals surface area (Å²) in [6.07, 6.45) is 4.00. The van der Waals surface area contributed by atoms with E-state index in [-0.39, 0.29) is 0 Å². The second-order valence-electron chi connectivity index (χ2n) is 8.91. The van der Waals surface area contributed by atoms with Crippen LogP contribution in [-0.2, 0) is 22.7 Å². The molecular formula is C29H33NO5S. The lowest BCUT2D eigenvalue weighted by atomic mass is 10.1. The van der Waals surface area contributed by atoms with Gasteiger partial charge < -0.3 is 19.1 Å². The van der Waals surface area contributed by atoms with Crippen molar-refractivity contribution in [2.45, 2.75) is 24.2 Å². The summed E-state index contributed by atoms with van der Waals surface area (Å²) in [7, 11) is 1.86. The molecule has 4 rings (SSSR count). The van der Waals surface area contributed by atoms with E-state index in [0.717, 1.165) is 48.6 Å². The molecular weight excluding hydrogens is 474 g/mol. The number of nitrogens with zero attached hydrogens (tertiary/aromatic N) is 1. The Balaban J connectivity index is 1.21. The van der Waals surface area contributed by atoms with Gasteiger partial charge in [-0.15, -0.1) is 0 Å². The van der Waals surface area contributed by atoms with Crippen molar-refractivity contribution in [1.82, 2.24) is 4.90 Å². The van der Waals surface area contributed by atoms with Crippen molar-refractivity contribution in [3.8, 4) is 17.2 Å². The summed E-state index contributed by atoms with van der Waals surface area (Å²) >= 11 is 0. The second kappa shape index (κ2) is 11.6. The van der Waals surface area contributed by atoms with Crippen LogP contribution >= 0.6 is 0 Å². The molecule has 0 spiro atoms. The van der Waals surface area contributed by atoms with E-state index in [4.69, 9.17) is 14.2 Å². The first-order valence-corrected chi connectivity index (χ1v) is 13.5. The SMILES string of the molecule is COc1ccc(CCN(C)CCCOc2ccc(S(=O)(=O)C3=Cc4ccccc4C3)cc2)cc1OC. The fraction of sp³-hybridized carbons (Fsp3) is 0.310. The normalized spacial score (nSPS) is 12.8. The van der Waals surface area contributed by atoms with Gasteiger partial charge in [-0.05, 0) is 79.1 Å². The summed E-state index contributed by atoms with van der Waals surface area (Å²) in [4.78, 5) is 3.00. The van der Waals surface area contributed by atoms with Crippen molar-refractivity contribution >= 4 is 15.9 Å². The molecule has 0 aliphatic heterocycles. The topological polar surface area (TPSA) is 65.1 Å². The maximum absolute atomic E-state index is 13.1. The molecule has 6 nitrogen and oxygen atoms in total. The first-order valence-electron chi connectivity index (χ1n) is 12.1. The summed E-state index contributed by atoms with van der Waals surface area (Å²) in [5.74, 6) is 2.15. The van der Waals surface area contributed by atoms with Gasteiger partial charge in [0.25, 0.3) is 0 Å². The third-order valence-electron chi connectivity index (χ3n) is 6.40. The fourth-order valence-corrected chi connectivity index (χ4v) is 5.70. The Morgan fingerprint density at radius 3 is 2.36 bits per heavy atom. The predicted molar refractivity (Wildman–Crippen MR) is 143 cm³/mol. The van der Waals surface area contributed by atoms with Crippen LogP contribution in [0.3, 0.4) is 0 Å². The lowest BCUT2D eigenvalue weighted by molar-refractivity contribution is 0.264. The van der Waals surface area contributed by atoms with E-state index in [1.807, 2.05) is 36.4 Å². The smallest absolute Gasteiger partial charge is 0.203 e. The summed E-state index contributed by atoms with van der Waals surface area (Å²) < 4.78 is 42.6. The molecule has 1 aliphatic rings. The first-order chi connectivity index (χ1) is 17.4. The highest BCUT2D eigenvalue weighted by molar-refractivity contribution is 7.95. The number of benzene rings is 3. The van der Waals surface area contributed by atoms with Crippen molar-refractivity contribution < 1.29 is 22.6 Å². The lowest BCUT2D eigenvalue weighted by Crippen LogP contribution is -2.23. The lowest BCUT2D eigenvalue weighted by Gasteiger charge is -2.17. The van der Waals surface area contributed by atoms with Crippen molar-refractivity contribution in [2.24, 2.45) is 0 Å². The van der Waals surface area contributed by atoms with Crippen LogP contribution in [0.25, 0.3) is 6.08 Å². The van der Waals surface area contributed by atoms with Gasteiger partial charge in [-0.3, -0.25) is 0 Å². The van der Waals surface area contributed by atoms with E-state index in [1.54, 1.807) is 44.6 Å². The van der Waals surface area contributed by atoms with Crippen LogP contribution in [0, 0.1) is 0 Å². The van der Waals surface area contributed by atoms with Crippen LogP contribution in [0.1, 0.15) is 23.1 Å². The van der Waals surface area contributed by atoms with Gasteiger partial charge >= 0.3 is 0 Å². The van der Waals surface area contributed by atoms with Gasteiger partial charge in [-0.1, -0.05) is 30.3 Å². The summed E-state index contributed by atoms with van der Waals surface area (Å²) in [6.45, 7) is 2.38. The third-order valence-corrected chi connectivity index (χ3v) is 8.24. The average Bonchev–Trinajstić information content (AvgIpc) is 3.35. The second-order valence-corrected chi connectivity index (χ2v) is 10.9. The van der Waals surface area contributed by atoms with Crippen LogP contribution in [0.5, 0.6) is 17.2 Å². The number of hydrogen-bond acceptors (Lipinski definition) is 6. The van der Waals surface area contributed by atoms with Crippen LogP contribution < -0.4 is 14.2 Å². The Morgan fingerprint density at radius 2 is 1.64 bits per heavy atom. The molecule has 1 aliphatic carbocycles. The average molecular weight is 508 g/mol. The number of rotatable bonds is 12. The minimum Gasteiger partial charge on any atom is -0.494 e. The van der Waals surface area contributed by atoms with Gasteiger partial charge in [0.15, 0.2) is 11.5 Å². The van der Waals surface area contributed by atoms with Crippen LogP contribution in [-0.4, -0.2) is 54.3 Å². The Labute approximate surface area is 214 Å². The van der Waals surface area contributed by atoms with Crippen molar-refractivity contribution in [3.63, 3.8) is 0 Å². The number of allylic oxidation sites excluding steroid dienone is 1. The molecule has 36 heavy (non-hydrogen) atoms. The molecule has 0 heterocycles. The van der Waals surface area contributed by atoms with Crippen molar-refractivity contribution in [2.75, 3.05) is 41.0 Å². The highest BCUT2D eigenvalue weighted by atomic mass is 32.2. The Morgan fingerprint density at radius 1 is 0.889 bits per heavy atom. The quantitative estimate of drug-likeness (QED) is 0.321. The van der Waals surface area contributed by atoms with Crippen molar-refractivity contribution in [1.29, 1.82) is 0 Å². The predicted octanol–water partition coefficient (Wildman–Crippen LogP) is 5.02. The first kappa shape index (κ1) is 25.8. The molecule has 190 valence electrons. The minimum absolute atomic E-state index is 0.295. The third kappa shape index (κ3) is 6.09. The Bertz CT molecular complexity index is 1320. The van der Waals surface area contributed by atoms with E-state index in [1.165, 1.54) is 5.56 Å². The van der Waals surface area contributed by atoms with Crippen molar-refractivity contribution in [3.05, 3.63) is 88.3 Å². The number of fused-ring (bicyclic) bond motifs is 1. The Hall–Kier alpha value is -3.29. The van der Waals surface area contributed by atoms with Gasteiger partial charge in [0.1, 0.15) is 5.75 Å². The highest BCUT2D eigenvalue weighted by Crippen LogP contribution is 2.32. The molecule has 0 unspecified atom stereocenters. The van der Waals surface area contributed by atoms with Gasteiger partial charge in [-0.2, -0.15) is 0 Å². The summed E-state index contributed by atoms with van der Waals surface area (Å²) in [6, 6.07) is 20.5. The summed E-state index contributed by atoms with van der Waals surface area (Å²) in [5, 5.41) is 0. The number of sulfone groups is 1. The van der Waals surface area contributed by atoms with E-state index in [2.05, 4.69) is 18.0 Å². The number of hydrogen-bond donors (Lipinski definition) is 0. The molecule has 0 fully saturated rings. The Kier molecular flexibility index (Phi) is 8.33. The maximum Gasteiger partial charge on any atom is 0.203 e. The molecule has 0 atom stereocenters.